The molecule has 1 aromatic heterocycles. The Morgan fingerprint density at radius 3 is 2.50 bits per heavy atom. The summed E-state index contributed by atoms with van der Waals surface area (Å²) in [7, 11) is 0. The summed E-state index contributed by atoms with van der Waals surface area (Å²) in [6.45, 7) is 15.2. The zero-order valence-electron chi connectivity index (χ0n) is 17.7. The third kappa shape index (κ3) is 8.63. The van der Waals surface area contributed by atoms with Crippen molar-refractivity contribution >= 4 is 23.2 Å². The fraction of sp³-hybridized carbons (Fsp3) is 0.474. The minimum absolute atomic E-state index is 0.212. The van der Waals surface area contributed by atoms with Gasteiger partial charge in [0.25, 0.3) is 0 Å². The van der Waals surface area contributed by atoms with Gasteiger partial charge in [-0.3, -0.25) is 5.32 Å². The van der Waals surface area contributed by atoms with Crippen molar-refractivity contribution in [2.45, 2.75) is 60.0 Å². The van der Waals surface area contributed by atoms with Gasteiger partial charge in [0.05, 0.1) is 24.0 Å². The highest BCUT2D eigenvalue weighted by Crippen LogP contribution is 2.23. The molecule has 28 heavy (non-hydrogen) atoms. The Hall–Kier alpha value is -2.94. The lowest BCUT2D eigenvalue weighted by Gasteiger charge is -2.20. The first kappa shape index (κ1) is 25.1. The Labute approximate surface area is 167 Å². The van der Waals surface area contributed by atoms with Crippen LogP contribution in [-0.4, -0.2) is 27.5 Å². The van der Waals surface area contributed by atoms with Gasteiger partial charge in [-0.1, -0.05) is 39.5 Å². The average Bonchev–Trinajstić information content (AvgIpc) is 2.65. The summed E-state index contributed by atoms with van der Waals surface area (Å²) < 4.78 is 5.29. The van der Waals surface area contributed by atoms with E-state index in [1.54, 1.807) is 26.8 Å². The first-order chi connectivity index (χ1) is 13.2. The third-order valence-corrected chi connectivity index (χ3v) is 3.04. The summed E-state index contributed by atoms with van der Waals surface area (Å²) >= 11 is 0. The molecule has 0 aliphatic carbocycles. The summed E-state index contributed by atoms with van der Waals surface area (Å²) in [6.07, 6.45) is 5.49. The molecule has 0 aliphatic heterocycles. The number of aromatic nitrogens is 2. The Balaban J connectivity index is 0.00000352. The average molecular weight is 392 g/mol. The monoisotopic (exact) mass is 391 g/mol. The van der Waals surface area contributed by atoms with Gasteiger partial charge in [-0.2, -0.15) is 5.10 Å². The number of anilines is 1. The second-order valence-electron chi connectivity index (χ2n) is 6.34. The lowest BCUT2D eigenvalue weighted by atomic mass is 10.1. The van der Waals surface area contributed by atoms with Crippen LogP contribution in [0.3, 0.4) is 0 Å². The topological polar surface area (TPSA) is 141 Å². The highest BCUT2D eigenvalue weighted by atomic mass is 16.6. The number of carbonyl (C=O) groups is 1. The molecule has 0 spiro atoms. The zero-order chi connectivity index (χ0) is 21.7. The van der Waals surface area contributed by atoms with Crippen LogP contribution in [0.15, 0.2) is 30.0 Å². The van der Waals surface area contributed by atoms with Gasteiger partial charge >= 0.3 is 6.09 Å². The van der Waals surface area contributed by atoms with Crippen molar-refractivity contribution in [2.24, 2.45) is 16.8 Å². The van der Waals surface area contributed by atoms with Gasteiger partial charge in [-0.25, -0.2) is 20.6 Å². The molecular weight excluding hydrogens is 358 g/mol. The quantitative estimate of drug-likeness (QED) is 0.192. The van der Waals surface area contributed by atoms with E-state index in [0.29, 0.717) is 23.0 Å². The Kier molecular flexibility index (Phi) is 11.1. The first-order valence-electron chi connectivity index (χ1n) is 9.16. The molecular formula is C19H33N7O2. The van der Waals surface area contributed by atoms with Crippen molar-refractivity contribution in [3.05, 3.63) is 36.4 Å². The lowest BCUT2D eigenvalue weighted by molar-refractivity contribution is 0.0635. The number of carbonyl (C=O) groups excluding carboxylic acids is 1. The van der Waals surface area contributed by atoms with E-state index in [1.807, 2.05) is 26.8 Å². The molecule has 1 amide bonds. The van der Waals surface area contributed by atoms with Crippen molar-refractivity contribution in [3.8, 4) is 0 Å². The second-order valence-corrected chi connectivity index (χ2v) is 6.34. The summed E-state index contributed by atoms with van der Waals surface area (Å²) in [4.78, 5) is 20.8. The van der Waals surface area contributed by atoms with E-state index >= 15 is 0 Å². The number of nitrogens with two attached hydrogens (primary N) is 2. The minimum Gasteiger partial charge on any atom is -0.444 e. The molecule has 1 rings (SSSR count). The number of nitrogens with zero attached hydrogens (tertiary/aromatic N) is 3. The van der Waals surface area contributed by atoms with Crippen LogP contribution in [0.5, 0.6) is 0 Å². The van der Waals surface area contributed by atoms with Crippen LogP contribution in [0.25, 0.3) is 5.57 Å². The van der Waals surface area contributed by atoms with E-state index in [-0.39, 0.29) is 6.42 Å². The Morgan fingerprint density at radius 1 is 1.39 bits per heavy atom. The first-order valence-corrected chi connectivity index (χ1v) is 9.16. The SMILES string of the molecule is C=C/C(=C\CC)c1nc(C/C(=N/N)NN)ncc1NC(=O)OC(C)(C)C.CC. The van der Waals surface area contributed by atoms with Gasteiger partial charge in [0.2, 0.25) is 0 Å². The highest BCUT2D eigenvalue weighted by Gasteiger charge is 2.19. The van der Waals surface area contributed by atoms with Crippen LogP contribution >= 0.6 is 0 Å². The van der Waals surface area contributed by atoms with Crippen LogP contribution in [0.1, 0.15) is 59.5 Å². The van der Waals surface area contributed by atoms with Gasteiger partial charge in [0.1, 0.15) is 17.3 Å². The molecule has 0 saturated carbocycles. The van der Waals surface area contributed by atoms with Crippen LogP contribution in [0.2, 0.25) is 0 Å². The summed E-state index contributed by atoms with van der Waals surface area (Å²) in [5.41, 5.74) is 3.45. The van der Waals surface area contributed by atoms with E-state index in [9.17, 15) is 4.79 Å². The van der Waals surface area contributed by atoms with Gasteiger partial charge in [0.15, 0.2) is 0 Å². The van der Waals surface area contributed by atoms with E-state index in [4.69, 9.17) is 16.4 Å². The maximum absolute atomic E-state index is 12.1. The number of nitrogens with one attached hydrogen (secondary N) is 2. The fourth-order valence-corrected chi connectivity index (χ4v) is 2.01. The molecule has 6 N–H and O–H groups in total. The molecule has 0 unspecified atom stereocenters. The molecule has 0 atom stereocenters. The molecule has 9 nitrogen and oxygen atoms in total. The maximum atomic E-state index is 12.1. The number of allylic oxidation sites excluding steroid dienone is 3. The largest absolute Gasteiger partial charge is 0.444 e. The van der Waals surface area contributed by atoms with E-state index in [2.05, 4.69) is 32.4 Å². The second kappa shape index (κ2) is 12.4. The van der Waals surface area contributed by atoms with Crippen LogP contribution < -0.4 is 22.4 Å². The van der Waals surface area contributed by atoms with Crippen molar-refractivity contribution in [1.82, 2.24) is 15.4 Å². The van der Waals surface area contributed by atoms with Gasteiger partial charge in [-0.05, 0) is 32.8 Å². The van der Waals surface area contributed by atoms with Crippen LogP contribution in [0, 0.1) is 0 Å². The van der Waals surface area contributed by atoms with Crippen molar-refractivity contribution in [1.29, 1.82) is 0 Å². The minimum atomic E-state index is -0.620. The molecule has 0 aliphatic rings. The van der Waals surface area contributed by atoms with E-state index in [1.165, 1.54) is 6.20 Å². The van der Waals surface area contributed by atoms with Crippen molar-refractivity contribution in [3.63, 3.8) is 0 Å². The highest BCUT2D eigenvalue weighted by molar-refractivity contribution is 5.90. The standard InChI is InChI=1S/C17H27N7O2.C2H6/c1-6-8-11(7-2)15-12(21-16(25)26-17(3,4)5)10-20-13(22-15)9-14(23-18)24-19;1-2/h7-8,10H,2,6,9,18-19H2,1,3-5H3,(H,21,25)(H,23,24);1-2H3/b11-8+;. The molecule has 0 aromatic carbocycles. The number of rotatable bonds is 6. The number of amides is 1. The van der Waals surface area contributed by atoms with Gasteiger partial charge in [-0.15, -0.1) is 0 Å². The zero-order valence-corrected chi connectivity index (χ0v) is 17.7. The molecule has 0 saturated heterocycles. The van der Waals surface area contributed by atoms with Crippen molar-refractivity contribution in [2.75, 3.05) is 5.32 Å². The number of hydrogen-bond acceptors (Lipinski definition) is 7. The molecule has 156 valence electrons. The number of hydrazone groups is 1. The smallest absolute Gasteiger partial charge is 0.412 e. The molecule has 0 bridgehead atoms. The molecule has 9 heteroatoms. The normalized spacial score (nSPS) is 11.8. The fourth-order valence-electron chi connectivity index (χ4n) is 2.01. The number of hydrazine groups is 1. The molecule has 1 aromatic rings. The predicted molar refractivity (Wildman–Crippen MR) is 114 cm³/mol. The number of amidine groups is 1. The Bertz CT molecular complexity index is 707. The van der Waals surface area contributed by atoms with Crippen LogP contribution in [-0.2, 0) is 11.2 Å². The van der Waals surface area contributed by atoms with E-state index < -0.39 is 11.7 Å². The summed E-state index contributed by atoms with van der Waals surface area (Å²) in [6, 6.07) is 0. The Morgan fingerprint density at radius 2 is 2.04 bits per heavy atom. The molecule has 0 radical (unpaired) electrons. The lowest BCUT2D eigenvalue weighted by Crippen LogP contribution is -2.33. The molecule has 1 heterocycles. The third-order valence-electron chi connectivity index (χ3n) is 3.04. The van der Waals surface area contributed by atoms with Gasteiger partial charge in [0, 0.05) is 0 Å². The summed E-state index contributed by atoms with van der Waals surface area (Å²) in [5, 5.41) is 6.20. The van der Waals surface area contributed by atoms with Crippen molar-refractivity contribution < 1.29 is 9.53 Å². The summed E-state index contributed by atoms with van der Waals surface area (Å²) in [5.74, 6) is 11.3. The maximum Gasteiger partial charge on any atom is 0.412 e. The van der Waals surface area contributed by atoms with Crippen LogP contribution in [0.4, 0.5) is 10.5 Å². The van der Waals surface area contributed by atoms with E-state index in [0.717, 1.165) is 12.0 Å². The number of hydrogen-bond donors (Lipinski definition) is 4. The molecule has 0 fully saturated rings. The number of ether oxygens (including phenoxy) is 1. The van der Waals surface area contributed by atoms with Gasteiger partial charge < -0.3 is 16.0 Å². The predicted octanol–water partition coefficient (Wildman–Crippen LogP) is 3.11.